The Labute approximate surface area is 107 Å². The summed E-state index contributed by atoms with van der Waals surface area (Å²) >= 11 is 0. The Kier molecular flexibility index (Phi) is 4.78. The fraction of sp³-hybridized carbons (Fsp3) is 0.538. The van der Waals surface area contributed by atoms with Gasteiger partial charge in [-0.15, -0.1) is 0 Å². The zero-order chi connectivity index (χ0) is 13.8. The van der Waals surface area contributed by atoms with Crippen LogP contribution in [0.1, 0.15) is 26.3 Å². The SMILES string of the molecule is COC(=O)C(C)(NCC(C)C)c1cncc(F)c1. The highest BCUT2D eigenvalue weighted by Crippen LogP contribution is 2.22. The van der Waals surface area contributed by atoms with Crippen molar-refractivity contribution in [3.05, 3.63) is 29.8 Å². The quantitative estimate of drug-likeness (QED) is 0.815. The molecule has 0 aliphatic heterocycles. The van der Waals surface area contributed by atoms with Gasteiger partial charge in [-0.25, -0.2) is 9.18 Å². The molecule has 0 bridgehead atoms. The Bertz CT molecular complexity index is 423. The number of esters is 1. The molecule has 4 nitrogen and oxygen atoms in total. The van der Waals surface area contributed by atoms with Gasteiger partial charge in [-0.1, -0.05) is 13.8 Å². The van der Waals surface area contributed by atoms with Gasteiger partial charge >= 0.3 is 5.97 Å². The van der Waals surface area contributed by atoms with Gasteiger partial charge in [0.2, 0.25) is 0 Å². The Morgan fingerprint density at radius 2 is 2.22 bits per heavy atom. The van der Waals surface area contributed by atoms with Gasteiger partial charge in [-0.3, -0.25) is 10.3 Å². The number of ether oxygens (including phenoxy) is 1. The van der Waals surface area contributed by atoms with Crippen molar-refractivity contribution in [1.82, 2.24) is 10.3 Å². The van der Waals surface area contributed by atoms with Crippen LogP contribution in [0, 0.1) is 11.7 Å². The number of aromatic nitrogens is 1. The van der Waals surface area contributed by atoms with E-state index in [0.29, 0.717) is 18.0 Å². The molecule has 1 aromatic heterocycles. The van der Waals surface area contributed by atoms with Crippen molar-refractivity contribution >= 4 is 5.97 Å². The van der Waals surface area contributed by atoms with Gasteiger partial charge in [0.15, 0.2) is 0 Å². The molecule has 1 unspecified atom stereocenters. The van der Waals surface area contributed by atoms with Gasteiger partial charge in [-0.05, 0) is 25.5 Å². The molecule has 0 aromatic carbocycles. The highest BCUT2D eigenvalue weighted by molar-refractivity contribution is 5.81. The summed E-state index contributed by atoms with van der Waals surface area (Å²) in [6.07, 6.45) is 2.57. The number of nitrogens with one attached hydrogen (secondary N) is 1. The molecule has 0 aliphatic rings. The second-order valence-corrected chi connectivity index (χ2v) is 4.78. The standard InChI is InChI=1S/C13H19FN2O2/c1-9(2)6-16-13(3,12(17)18-4)10-5-11(14)8-15-7-10/h5,7-9,16H,6H2,1-4H3. The van der Waals surface area contributed by atoms with Crippen molar-refractivity contribution in [2.45, 2.75) is 26.3 Å². The molecule has 5 heteroatoms. The minimum Gasteiger partial charge on any atom is -0.467 e. The lowest BCUT2D eigenvalue weighted by molar-refractivity contribution is -0.148. The van der Waals surface area contributed by atoms with Crippen LogP contribution in [0.5, 0.6) is 0 Å². The summed E-state index contributed by atoms with van der Waals surface area (Å²) in [5, 5.41) is 3.11. The summed E-state index contributed by atoms with van der Waals surface area (Å²) in [6, 6.07) is 1.29. The Balaban J connectivity index is 3.07. The van der Waals surface area contributed by atoms with Crippen LogP contribution in [0.3, 0.4) is 0 Å². The lowest BCUT2D eigenvalue weighted by Crippen LogP contribution is -2.48. The molecule has 0 fully saturated rings. The largest absolute Gasteiger partial charge is 0.467 e. The summed E-state index contributed by atoms with van der Waals surface area (Å²) in [5.74, 6) is -0.583. The van der Waals surface area contributed by atoms with E-state index in [-0.39, 0.29) is 0 Å². The highest BCUT2D eigenvalue weighted by Gasteiger charge is 2.36. The number of nitrogens with zero attached hydrogens (tertiary/aromatic N) is 1. The lowest BCUT2D eigenvalue weighted by Gasteiger charge is -2.29. The second kappa shape index (κ2) is 5.91. The fourth-order valence-electron chi connectivity index (χ4n) is 1.59. The first-order valence-corrected chi connectivity index (χ1v) is 5.84. The van der Waals surface area contributed by atoms with Crippen molar-refractivity contribution in [2.24, 2.45) is 5.92 Å². The molecule has 1 atom stereocenters. The van der Waals surface area contributed by atoms with E-state index in [0.717, 1.165) is 6.20 Å². The third-order valence-corrected chi connectivity index (χ3v) is 2.74. The summed E-state index contributed by atoms with van der Waals surface area (Å²) in [6.45, 7) is 6.32. The number of methoxy groups -OCH3 is 1. The fourth-order valence-corrected chi connectivity index (χ4v) is 1.59. The number of hydrogen-bond donors (Lipinski definition) is 1. The van der Waals surface area contributed by atoms with E-state index in [1.807, 2.05) is 13.8 Å². The monoisotopic (exact) mass is 254 g/mol. The molecule has 0 aliphatic carbocycles. The third-order valence-electron chi connectivity index (χ3n) is 2.74. The summed E-state index contributed by atoms with van der Waals surface area (Å²) in [4.78, 5) is 15.7. The van der Waals surface area contributed by atoms with Crippen molar-refractivity contribution in [3.8, 4) is 0 Å². The molecule has 0 spiro atoms. The van der Waals surface area contributed by atoms with Crippen molar-refractivity contribution in [3.63, 3.8) is 0 Å². The van der Waals surface area contributed by atoms with Crippen LogP contribution in [0.25, 0.3) is 0 Å². The average molecular weight is 254 g/mol. The average Bonchev–Trinajstić information content (AvgIpc) is 2.34. The number of halogens is 1. The zero-order valence-corrected chi connectivity index (χ0v) is 11.2. The maximum absolute atomic E-state index is 13.2. The third kappa shape index (κ3) is 3.26. The van der Waals surface area contributed by atoms with Crippen LogP contribution >= 0.6 is 0 Å². The molecule has 100 valence electrons. The predicted molar refractivity (Wildman–Crippen MR) is 66.4 cm³/mol. The lowest BCUT2D eigenvalue weighted by atomic mass is 9.92. The van der Waals surface area contributed by atoms with E-state index in [2.05, 4.69) is 10.3 Å². The molecule has 0 saturated heterocycles. The van der Waals surface area contributed by atoms with Crippen LogP contribution in [0.2, 0.25) is 0 Å². The van der Waals surface area contributed by atoms with Crippen molar-refractivity contribution < 1.29 is 13.9 Å². The maximum Gasteiger partial charge on any atom is 0.330 e. The van der Waals surface area contributed by atoms with E-state index >= 15 is 0 Å². The first-order valence-electron chi connectivity index (χ1n) is 5.84. The van der Waals surface area contributed by atoms with Crippen molar-refractivity contribution in [2.75, 3.05) is 13.7 Å². The zero-order valence-electron chi connectivity index (χ0n) is 11.2. The van der Waals surface area contributed by atoms with Gasteiger partial charge in [0.1, 0.15) is 11.4 Å². The summed E-state index contributed by atoms with van der Waals surface area (Å²) < 4.78 is 18.0. The topological polar surface area (TPSA) is 51.2 Å². The summed E-state index contributed by atoms with van der Waals surface area (Å²) in [7, 11) is 1.31. The van der Waals surface area contributed by atoms with E-state index < -0.39 is 17.3 Å². The molecule has 0 saturated carbocycles. The van der Waals surface area contributed by atoms with Crippen molar-refractivity contribution in [1.29, 1.82) is 0 Å². The van der Waals surface area contributed by atoms with E-state index in [1.54, 1.807) is 6.92 Å². The molecular weight excluding hydrogens is 235 g/mol. The summed E-state index contributed by atoms with van der Waals surface area (Å²) in [5.41, 5.74) is -0.635. The predicted octanol–water partition coefficient (Wildman–Crippen LogP) is 1.85. The van der Waals surface area contributed by atoms with Gasteiger partial charge in [0.05, 0.1) is 13.3 Å². The first kappa shape index (κ1) is 14.6. The van der Waals surface area contributed by atoms with Gasteiger partial charge in [0.25, 0.3) is 0 Å². The Morgan fingerprint density at radius 3 is 2.72 bits per heavy atom. The number of rotatable bonds is 5. The molecule has 0 amide bonds. The van der Waals surface area contributed by atoms with E-state index in [9.17, 15) is 9.18 Å². The van der Waals surface area contributed by atoms with E-state index in [4.69, 9.17) is 4.74 Å². The molecular formula is C13H19FN2O2. The second-order valence-electron chi connectivity index (χ2n) is 4.78. The van der Waals surface area contributed by atoms with Gasteiger partial charge in [-0.2, -0.15) is 0 Å². The number of carbonyl (C=O) groups excluding carboxylic acids is 1. The normalized spacial score (nSPS) is 14.3. The Morgan fingerprint density at radius 1 is 1.56 bits per heavy atom. The molecule has 1 rings (SSSR count). The number of hydrogen-bond acceptors (Lipinski definition) is 4. The molecule has 18 heavy (non-hydrogen) atoms. The minimum absolute atomic E-state index is 0.357. The van der Waals surface area contributed by atoms with Crippen LogP contribution in [0.4, 0.5) is 4.39 Å². The van der Waals surface area contributed by atoms with Crippen LogP contribution in [-0.4, -0.2) is 24.6 Å². The molecule has 0 radical (unpaired) electrons. The van der Waals surface area contributed by atoms with E-state index in [1.165, 1.54) is 19.4 Å². The first-order chi connectivity index (χ1) is 8.40. The Hall–Kier alpha value is -1.49. The van der Waals surface area contributed by atoms with Gasteiger partial charge in [0, 0.05) is 11.8 Å². The maximum atomic E-state index is 13.2. The highest BCUT2D eigenvalue weighted by atomic mass is 19.1. The smallest absolute Gasteiger partial charge is 0.330 e. The van der Waals surface area contributed by atoms with Crippen LogP contribution in [0.15, 0.2) is 18.5 Å². The van der Waals surface area contributed by atoms with Crippen LogP contribution < -0.4 is 5.32 Å². The number of pyridine rings is 1. The van der Waals surface area contributed by atoms with Gasteiger partial charge < -0.3 is 4.74 Å². The molecule has 1 heterocycles. The number of carbonyl (C=O) groups is 1. The van der Waals surface area contributed by atoms with Crippen LogP contribution in [-0.2, 0) is 15.1 Å². The molecule has 1 N–H and O–H groups in total. The molecule has 1 aromatic rings. The minimum atomic E-state index is -1.09.